The van der Waals surface area contributed by atoms with Gasteiger partial charge in [-0.15, -0.1) is 0 Å². The van der Waals surface area contributed by atoms with Crippen LogP contribution in [0.5, 0.6) is 0 Å². The number of urea groups is 1. The molecule has 4 amide bonds. The first kappa shape index (κ1) is 25.9. The largest absolute Gasteiger partial charge is 0.364 e. The van der Waals surface area contributed by atoms with Crippen molar-refractivity contribution in [2.24, 2.45) is 5.92 Å². The van der Waals surface area contributed by atoms with Crippen molar-refractivity contribution in [3.05, 3.63) is 65.6 Å². The third kappa shape index (κ3) is 4.67. The second kappa shape index (κ2) is 9.82. The van der Waals surface area contributed by atoms with Gasteiger partial charge in [0.2, 0.25) is 17.8 Å². The summed E-state index contributed by atoms with van der Waals surface area (Å²) in [6.45, 7) is 1.74. The predicted octanol–water partition coefficient (Wildman–Crippen LogP) is 2.99. The highest BCUT2D eigenvalue weighted by Gasteiger charge is 2.46. The molecule has 2 saturated carbocycles. The summed E-state index contributed by atoms with van der Waals surface area (Å²) in [7, 11) is 1.42. The van der Waals surface area contributed by atoms with Crippen molar-refractivity contribution in [3.8, 4) is 0 Å². The Kier molecular flexibility index (Phi) is 6.06. The molecule has 42 heavy (non-hydrogen) atoms. The Labute approximate surface area is 239 Å². The van der Waals surface area contributed by atoms with Crippen molar-refractivity contribution in [2.75, 3.05) is 29.1 Å². The molecule has 1 aliphatic heterocycles. The Balaban J connectivity index is 1.08. The smallest absolute Gasteiger partial charge is 0.331 e. The molecule has 2 aliphatic carbocycles. The highest BCUT2D eigenvalue weighted by molar-refractivity contribution is 6.13. The highest BCUT2D eigenvalue weighted by atomic mass is 19.1. The minimum Gasteiger partial charge on any atom is -0.364 e. The number of fused-ring (bicyclic) bond motifs is 1. The molecule has 0 radical (unpaired) electrons. The normalized spacial score (nSPS) is 20.0. The van der Waals surface area contributed by atoms with Crippen molar-refractivity contribution in [1.29, 1.82) is 0 Å². The van der Waals surface area contributed by atoms with Gasteiger partial charge >= 0.3 is 6.03 Å². The standard InChI is InChI=1S/C28H27FN10O3/c1-14-5-6-30-25(34-14)17-8-18(17)27(41)36-22-9-21(32-13-33-22)31-10-19-24(29)39-11-16(15-3-4-15)7-20(26(39)35-19)38-12-23(40)37(2)28(38)42/h5-7,9,11,13,15,17-18H,3-4,8,10,12H2,1-2H3,(H2,31,32,33,36,41). The topological polar surface area (TPSA) is 151 Å². The van der Waals surface area contributed by atoms with Crippen molar-refractivity contribution >= 4 is 40.8 Å². The van der Waals surface area contributed by atoms with Gasteiger partial charge in [0.25, 0.3) is 0 Å². The van der Waals surface area contributed by atoms with Crippen molar-refractivity contribution in [2.45, 2.75) is 44.6 Å². The van der Waals surface area contributed by atoms with Crippen LogP contribution in [0.25, 0.3) is 5.65 Å². The van der Waals surface area contributed by atoms with Crippen LogP contribution in [0, 0.1) is 18.8 Å². The van der Waals surface area contributed by atoms with E-state index in [0.717, 1.165) is 29.0 Å². The average Bonchev–Trinajstić information content (AvgIpc) is 3.91. The van der Waals surface area contributed by atoms with E-state index in [2.05, 4.69) is 35.6 Å². The fraction of sp³-hybridized carbons (Fsp3) is 0.357. The van der Waals surface area contributed by atoms with Crippen molar-refractivity contribution in [3.63, 3.8) is 0 Å². The SMILES string of the molecule is Cc1ccnc(C2CC2C(=O)Nc2cc(NCc3nc4c(N5CC(=O)N(C)C5=O)cc(C5CC5)cn4c3F)ncn2)n1. The van der Waals surface area contributed by atoms with Gasteiger partial charge in [0.1, 0.15) is 36.0 Å². The second-order valence-electron chi connectivity index (χ2n) is 10.9. The summed E-state index contributed by atoms with van der Waals surface area (Å²) in [6, 6.07) is 4.73. The summed E-state index contributed by atoms with van der Waals surface area (Å²) in [6.07, 6.45) is 7.33. The van der Waals surface area contributed by atoms with Gasteiger partial charge in [-0.25, -0.2) is 29.7 Å². The molecule has 3 fully saturated rings. The number of anilines is 3. The van der Waals surface area contributed by atoms with Crippen LogP contribution in [0.4, 0.5) is 26.5 Å². The molecule has 0 aromatic carbocycles. The molecular weight excluding hydrogens is 543 g/mol. The number of aryl methyl sites for hydroxylation is 1. The molecule has 0 spiro atoms. The number of amides is 4. The summed E-state index contributed by atoms with van der Waals surface area (Å²) >= 11 is 0. The maximum Gasteiger partial charge on any atom is 0.331 e. The van der Waals surface area contributed by atoms with Crippen molar-refractivity contribution < 1.29 is 18.8 Å². The van der Waals surface area contributed by atoms with E-state index in [4.69, 9.17) is 0 Å². The maximum atomic E-state index is 15.6. The predicted molar refractivity (Wildman–Crippen MR) is 148 cm³/mol. The Bertz CT molecular complexity index is 1770. The lowest BCUT2D eigenvalue weighted by Gasteiger charge is -2.17. The second-order valence-corrected chi connectivity index (χ2v) is 10.9. The molecule has 0 bridgehead atoms. The van der Waals surface area contributed by atoms with E-state index in [1.54, 1.807) is 18.5 Å². The molecule has 2 N–H and O–H groups in total. The number of aromatic nitrogens is 6. The first-order chi connectivity index (χ1) is 20.3. The van der Waals surface area contributed by atoms with Gasteiger partial charge in [0.15, 0.2) is 5.65 Å². The number of hydrogen-bond donors (Lipinski definition) is 2. The zero-order valence-electron chi connectivity index (χ0n) is 22.9. The third-order valence-electron chi connectivity index (χ3n) is 7.88. The van der Waals surface area contributed by atoms with Crippen LogP contribution in [0.2, 0.25) is 0 Å². The molecule has 5 heterocycles. The molecule has 13 nitrogen and oxygen atoms in total. The summed E-state index contributed by atoms with van der Waals surface area (Å²) in [5.41, 5.74) is 2.50. The fourth-order valence-electron chi connectivity index (χ4n) is 5.24. The van der Waals surface area contributed by atoms with E-state index < -0.39 is 12.0 Å². The number of carbonyl (C=O) groups is 3. The lowest BCUT2D eigenvalue weighted by Crippen LogP contribution is -2.30. The molecular formula is C28H27FN10O3. The molecule has 4 aromatic heterocycles. The van der Waals surface area contributed by atoms with E-state index in [0.29, 0.717) is 29.6 Å². The van der Waals surface area contributed by atoms with Crippen LogP contribution in [0.1, 0.15) is 53.9 Å². The van der Waals surface area contributed by atoms with E-state index in [-0.39, 0.29) is 54.0 Å². The lowest BCUT2D eigenvalue weighted by molar-refractivity contribution is -0.124. The van der Waals surface area contributed by atoms with Crippen LogP contribution in [0.15, 0.2) is 36.9 Å². The third-order valence-corrected chi connectivity index (χ3v) is 7.88. The molecule has 2 atom stereocenters. The summed E-state index contributed by atoms with van der Waals surface area (Å²) < 4.78 is 17.0. The van der Waals surface area contributed by atoms with Gasteiger partial charge in [0, 0.05) is 43.0 Å². The molecule has 7 rings (SSSR count). The van der Waals surface area contributed by atoms with Crippen LogP contribution >= 0.6 is 0 Å². The van der Waals surface area contributed by atoms with Crippen LogP contribution in [-0.4, -0.2) is 65.7 Å². The quantitative estimate of drug-likeness (QED) is 0.305. The number of nitrogens with zero attached hydrogens (tertiary/aromatic N) is 8. The fourth-order valence-corrected chi connectivity index (χ4v) is 5.24. The molecule has 2 unspecified atom stereocenters. The van der Waals surface area contributed by atoms with Gasteiger partial charge in [-0.05, 0) is 49.8 Å². The van der Waals surface area contributed by atoms with E-state index >= 15 is 4.39 Å². The first-order valence-electron chi connectivity index (χ1n) is 13.7. The minimum atomic E-state index is -0.576. The van der Waals surface area contributed by atoms with E-state index in [9.17, 15) is 14.4 Å². The van der Waals surface area contributed by atoms with Crippen LogP contribution in [0.3, 0.4) is 0 Å². The Morgan fingerprint density at radius 3 is 2.67 bits per heavy atom. The lowest BCUT2D eigenvalue weighted by atomic mass is 10.1. The number of rotatable bonds is 8. The summed E-state index contributed by atoms with van der Waals surface area (Å²) in [5.74, 6) is 0.265. The zero-order valence-corrected chi connectivity index (χ0v) is 22.9. The number of imide groups is 1. The minimum absolute atomic E-state index is 0.0156. The highest BCUT2D eigenvalue weighted by Crippen LogP contribution is 2.46. The van der Waals surface area contributed by atoms with Gasteiger partial charge < -0.3 is 10.6 Å². The summed E-state index contributed by atoms with van der Waals surface area (Å²) in [5, 5.41) is 5.86. The number of halogens is 1. The van der Waals surface area contributed by atoms with Gasteiger partial charge in [-0.3, -0.25) is 23.8 Å². The Hall–Kier alpha value is -5.01. The molecule has 14 heteroatoms. The van der Waals surface area contributed by atoms with Gasteiger partial charge in [0.05, 0.1) is 12.2 Å². The van der Waals surface area contributed by atoms with E-state index in [1.807, 2.05) is 19.1 Å². The summed E-state index contributed by atoms with van der Waals surface area (Å²) in [4.78, 5) is 61.7. The zero-order chi connectivity index (χ0) is 29.1. The molecule has 214 valence electrons. The number of hydrogen-bond acceptors (Lipinski definition) is 9. The average molecular weight is 571 g/mol. The first-order valence-corrected chi connectivity index (χ1v) is 13.7. The van der Waals surface area contributed by atoms with Gasteiger partial charge in [-0.2, -0.15) is 4.39 Å². The monoisotopic (exact) mass is 570 g/mol. The van der Waals surface area contributed by atoms with E-state index in [1.165, 1.54) is 22.7 Å². The number of carbonyl (C=O) groups excluding carboxylic acids is 3. The number of pyridine rings is 1. The molecule has 4 aromatic rings. The van der Waals surface area contributed by atoms with Crippen molar-refractivity contribution in [1.82, 2.24) is 34.2 Å². The number of nitrogens with one attached hydrogen (secondary N) is 2. The van der Waals surface area contributed by atoms with Gasteiger partial charge in [-0.1, -0.05) is 0 Å². The molecule has 1 saturated heterocycles. The maximum absolute atomic E-state index is 15.6. The number of likely N-dealkylation sites (N-methyl/N-ethyl adjacent to an activating group) is 1. The van der Waals surface area contributed by atoms with Crippen LogP contribution < -0.4 is 15.5 Å². The Morgan fingerprint density at radius 2 is 1.93 bits per heavy atom. The molecule has 3 aliphatic rings. The van der Waals surface area contributed by atoms with Crippen LogP contribution in [-0.2, 0) is 16.1 Å². The number of imidazole rings is 1. The Morgan fingerprint density at radius 1 is 1.12 bits per heavy atom.